The van der Waals surface area contributed by atoms with Gasteiger partial charge in [-0.15, -0.1) is 0 Å². The molecule has 1 aliphatic heterocycles. The van der Waals surface area contributed by atoms with E-state index in [2.05, 4.69) is 0 Å². The number of fused-ring (bicyclic) bond motifs is 1. The van der Waals surface area contributed by atoms with Gasteiger partial charge in [-0.25, -0.2) is 8.42 Å². The van der Waals surface area contributed by atoms with Crippen LogP contribution in [0.25, 0.3) is 0 Å². The summed E-state index contributed by atoms with van der Waals surface area (Å²) in [6.07, 6.45) is -1.75. The van der Waals surface area contributed by atoms with Crippen LogP contribution in [0.5, 0.6) is 0 Å². The molecule has 5 nitrogen and oxygen atoms in total. The zero-order valence-corrected chi connectivity index (χ0v) is 16.1. The number of esters is 1. The van der Waals surface area contributed by atoms with Gasteiger partial charge in [0.2, 0.25) is 10.0 Å². The number of rotatable bonds is 3. The Morgan fingerprint density at radius 2 is 1.93 bits per heavy atom. The van der Waals surface area contributed by atoms with Crippen LogP contribution < -0.4 is 0 Å². The highest BCUT2D eigenvalue weighted by molar-refractivity contribution is 7.89. The molecule has 3 unspecified atom stereocenters. The molecule has 27 heavy (non-hydrogen) atoms. The third kappa shape index (κ3) is 3.69. The number of halogens is 4. The number of hydrogen-bond acceptors (Lipinski definition) is 4. The number of nitrogens with zero attached hydrogens (tertiary/aromatic N) is 1. The van der Waals surface area contributed by atoms with Crippen LogP contribution in [0.4, 0.5) is 13.2 Å². The highest BCUT2D eigenvalue weighted by Gasteiger charge is 2.53. The number of methoxy groups -OCH3 is 1. The zero-order valence-electron chi connectivity index (χ0n) is 14.5. The summed E-state index contributed by atoms with van der Waals surface area (Å²) in [6.45, 7) is 0. The Morgan fingerprint density at radius 1 is 1.26 bits per heavy atom. The molecular formula is C17H19ClF3NO4S. The topological polar surface area (TPSA) is 63.7 Å². The van der Waals surface area contributed by atoms with Crippen molar-refractivity contribution in [1.82, 2.24) is 4.31 Å². The third-order valence-corrected chi connectivity index (χ3v) is 7.53. The van der Waals surface area contributed by atoms with Gasteiger partial charge in [-0.05, 0) is 43.4 Å². The summed E-state index contributed by atoms with van der Waals surface area (Å²) in [5, 5.41) is -0.220. The minimum absolute atomic E-state index is 0.0701. The fourth-order valence-corrected chi connectivity index (χ4v) is 6.40. The first-order valence-corrected chi connectivity index (χ1v) is 10.4. The third-order valence-electron chi connectivity index (χ3n) is 5.30. The van der Waals surface area contributed by atoms with E-state index in [0.717, 1.165) is 42.8 Å². The second kappa shape index (κ2) is 7.25. The Labute approximate surface area is 160 Å². The van der Waals surface area contributed by atoms with Crippen molar-refractivity contribution in [3.8, 4) is 0 Å². The van der Waals surface area contributed by atoms with Crippen molar-refractivity contribution in [3.05, 3.63) is 28.8 Å². The standard InChI is InChI=1S/C17H19ClF3NO4S/c1-26-16(23)14-8-10-4-2-3-5-13(10)22(14)27(24,25)15-7-6-11(18)9-12(15)17(19,20)21/h6-7,9-10,13-14H,2-5,8H2,1H3. The average molecular weight is 426 g/mol. The smallest absolute Gasteiger partial charge is 0.417 e. The highest BCUT2D eigenvalue weighted by atomic mass is 35.5. The monoisotopic (exact) mass is 425 g/mol. The summed E-state index contributed by atoms with van der Waals surface area (Å²) in [5.41, 5.74) is -1.34. The first-order valence-electron chi connectivity index (χ1n) is 8.55. The number of sulfonamides is 1. The van der Waals surface area contributed by atoms with E-state index in [1.54, 1.807) is 0 Å². The van der Waals surface area contributed by atoms with E-state index in [4.69, 9.17) is 16.3 Å². The van der Waals surface area contributed by atoms with E-state index in [1.807, 2.05) is 0 Å². The molecule has 0 amide bonds. The molecule has 2 aliphatic rings. The van der Waals surface area contributed by atoms with Gasteiger partial charge in [-0.1, -0.05) is 24.4 Å². The Kier molecular flexibility index (Phi) is 5.48. The highest BCUT2D eigenvalue weighted by Crippen LogP contribution is 2.45. The van der Waals surface area contributed by atoms with E-state index in [-0.39, 0.29) is 17.4 Å². The molecule has 2 fully saturated rings. The van der Waals surface area contributed by atoms with E-state index in [0.29, 0.717) is 12.5 Å². The number of carbonyl (C=O) groups is 1. The molecule has 0 radical (unpaired) electrons. The van der Waals surface area contributed by atoms with Crippen molar-refractivity contribution < 1.29 is 31.1 Å². The zero-order chi connectivity index (χ0) is 20.0. The fourth-order valence-electron chi connectivity index (χ4n) is 4.16. The van der Waals surface area contributed by atoms with Crippen molar-refractivity contribution in [1.29, 1.82) is 0 Å². The molecule has 1 saturated heterocycles. The van der Waals surface area contributed by atoms with Crippen molar-refractivity contribution in [2.24, 2.45) is 5.92 Å². The summed E-state index contributed by atoms with van der Waals surface area (Å²) in [6, 6.07) is 0.918. The quantitative estimate of drug-likeness (QED) is 0.690. The Hall–Kier alpha value is -1.32. The van der Waals surface area contributed by atoms with E-state index in [1.165, 1.54) is 0 Å². The molecule has 0 aromatic heterocycles. The number of alkyl halides is 3. The van der Waals surface area contributed by atoms with Crippen LogP contribution in [0.2, 0.25) is 5.02 Å². The maximum Gasteiger partial charge on any atom is 0.417 e. The second-order valence-electron chi connectivity index (χ2n) is 6.86. The van der Waals surface area contributed by atoms with Crippen molar-refractivity contribution in [2.45, 2.75) is 55.3 Å². The molecule has 150 valence electrons. The molecular weight excluding hydrogens is 407 g/mol. The second-order valence-corrected chi connectivity index (χ2v) is 9.11. The van der Waals surface area contributed by atoms with Gasteiger partial charge in [-0.3, -0.25) is 4.79 Å². The van der Waals surface area contributed by atoms with Crippen LogP contribution in [-0.2, 0) is 25.7 Å². The van der Waals surface area contributed by atoms with Gasteiger partial charge in [0, 0.05) is 11.1 Å². The predicted molar refractivity (Wildman–Crippen MR) is 91.6 cm³/mol. The molecule has 1 aromatic rings. The molecule has 0 bridgehead atoms. The van der Waals surface area contributed by atoms with Crippen LogP contribution in [0.1, 0.15) is 37.7 Å². The molecule has 1 saturated carbocycles. The molecule has 10 heteroatoms. The van der Waals surface area contributed by atoms with Crippen molar-refractivity contribution >= 4 is 27.6 Å². The van der Waals surface area contributed by atoms with Crippen LogP contribution in [0.3, 0.4) is 0 Å². The summed E-state index contributed by atoms with van der Waals surface area (Å²) >= 11 is 5.66. The first kappa shape index (κ1) is 20.4. The summed E-state index contributed by atoms with van der Waals surface area (Å²) in [7, 11) is -3.45. The van der Waals surface area contributed by atoms with Gasteiger partial charge < -0.3 is 4.74 Å². The normalized spacial score (nSPS) is 26.6. The van der Waals surface area contributed by atoms with Gasteiger partial charge in [0.05, 0.1) is 17.6 Å². The minimum atomic E-state index is -4.90. The first-order chi connectivity index (χ1) is 12.6. The van der Waals surface area contributed by atoms with Gasteiger partial charge in [-0.2, -0.15) is 17.5 Å². The predicted octanol–water partition coefficient (Wildman–Crippen LogP) is 3.85. The lowest BCUT2D eigenvalue weighted by atomic mass is 9.85. The number of carbonyl (C=O) groups excluding carboxylic acids is 1. The lowest BCUT2D eigenvalue weighted by molar-refractivity contribution is -0.144. The summed E-state index contributed by atoms with van der Waals surface area (Å²) < 4.78 is 72.6. The molecule has 1 heterocycles. The van der Waals surface area contributed by atoms with Crippen molar-refractivity contribution in [3.63, 3.8) is 0 Å². The minimum Gasteiger partial charge on any atom is -0.468 e. The summed E-state index contributed by atoms with van der Waals surface area (Å²) in [4.78, 5) is 11.3. The Bertz CT molecular complexity index is 843. The molecule has 3 atom stereocenters. The average Bonchev–Trinajstić information content (AvgIpc) is 3.00. The molecule has 0 spiro atoms. The Balaban J connectivity index is 2.13. The maximum absolute atomic E-state index is 13.5. The van der Waals surface area contributed by atoms with Gasteiger partial charge in [0.1, 0.15) is 6.04 Å². The SMILES string of the molecule is COC(=O)C1CC2CCCCC2N1S(=O)(=O)c1ccc(Cl)cc1C(F)(F)F. The number of hydrogen-bond donors (Lipinski definition) is 0. The fraction of sp³-hybridized carbons (Fsp3) is 0.588. The number of ether oxygens (including phenoxy) is 1. The molecule has 1 aliphatic carbocycles. The van der Waals surface area contributed by atoms with Crippen LogP contribution in [-0.4, -0.2) is 37.9 Å². The molecule has 3 rings (SSSR count). The number of benzene rings is 1. The lowest BCUT2D eigenvalue weighted by Crippen LogP contribution is -2.46. The largest absolute Gasteiger partial charge is 0.468 e. The molecule has 1 aromatic carbocycles. The maximum atomic E-state index is 13.5. The van der Waals surface area contributed by atoms with Crippen LogP contribution in [0.15, 0.2) is 23.1 Å². The van der Waals surface area contributed by atoms with Crippen LogP contribution in [0, 0.1) is 5.92 Å². The lowest BCUT2D eigenvalue weighted by Gasteiger charge is -2.33. The van der Waals surface area contributed by atoms with E-state index in [9.17, 15) is 26.4 Å². The van der Waals surface area contributed by atoms with Gasteiger partial charge in [0.15, 0.2) is 0 Å². The summed E-state index contributed by atoms with van der Waals surface area (Å²) in [5.74, 6) is -0.824. The van der Waals surface area contributed by atoms with Gasteiger partial charge in [0.25, 0.3) is 0 Å². The van der Waals surface area contributed by atoms with Crippen LogP contribution >= 0.6 is 11.6 Å². The van der Waals surface area contributed by atoms with Gasteiger partial charge >= 0.3 is 12.1 Å². The van der Waals surface area contributed by atoms with Crippen molar-refractivity contribution in [2.75, 3.05) is 7.11 Å². The molecule has 0 N–H and O–H groups in total. The van der Waals surface area contributed by atoms with E-state index < -0.39 is 44.7 Å². The Morgan fingerprint density at radius 3 is 2.56 bits per heavy atom. The van der Waals surface area contributed by atoms with E-state index >= 15 is 0 Å².